The molecule has 4 rings (SSSR count). The average molecular weight is 378 g/mol. The summed E-state index contributed by atoms with van der Waals surface area (Å²) in [7, 11) is 3.78. The quantitative estimate of drug-likeness (QED) is 0.715. The first kappa shape index (κ1) is 18.4. The summed E-state index contributed by atoms with van der Waals surface area (Å²) in [5, 5.41) is 4.34. The number of hydrogen-bond donors (Lipinski definition) is 2. The number of aromatic amines is 1. The lowest BCUT2D eigenvalue weighted by Gasteiger charge is -2.34. The number of fused-ring (bicyclic) bond motifs is 1. The summed E-state index contributed by atoms with van der Waals surface area (Å²) < 4.78 is 5.22. The highest BCUT2D eigenvalue weighted by Gasteiger charge is 2.14. The Morgan fingerprint density at radius 3 is 2.50 bits per heavy atom. The maximum atomic E-state index is 12.4. The molecule has 1 aliphatic heterocycles. The number of hydrogen-bond acceptors (Lipinski definition) is 5. The normalized spacial score (nSPS) is 15.0. The van der Waals surface area contributed by atoms with Gasteiger partial charge in [0, 0.05) is 55.7 Å². The molecule has 0 radical (unpaired) electrons. The monoisotopic (exact) mass is 378 g/mol. The van der Waals surface area contributed by atoms with E-state index in [0.29, 0.717) is 12.1 Å². The van der Waals surface area contributed by atoms with Gasteiger partial charge in [0.1, 0.15) is 5.75 Å². The summed E-state index contributed by atoms with van der Waals surface area (Å²) in [6.07, 6.45) is 0. The number of aromatic nitrogens is 1. The summed E-state index contributed by atoms with van der Waals surface area (Å²) in [4.78, 5) is 20.1. The minimum absolute atomic E-state index is 0.0812. The van der Waals surface area contributed by atoms with E-state index >= 15 is 0 Å². The predicted molar refractivity (Wildman–Crippen MR) is 115 cm³/mol. The third-order valence-corrected chi connectivity index (χ3v) is 5.35. The van der Waals surface area contributed by atoms with Gasteiger partial charge in [-0.25, -0.2) is 0 Å². The number of rotatable bonds is 5. The first-order valence-corrected chi connectivity index (χ1v) is 9.60. The highest BCUT2D eigenvalue weighted by molar-refractivity contribution is 5.80. The fourth-order valence-corrected chi connectivity index (χ4v) is 3.54. The van der Waals surface area contributed by atoms with E-state index in [2.05, 4.69) is 51.4 Å². The lowest BCUT2D eigenvalue weighted by molar-refractivity contribution is 0.313. The van der Waals surface area contributed by atoms with Crippen molar-refractivity contribution >= 4 is 22.3 Å². The maximum absolute atomic E-state index is 12.4. The van der Waals surface area contributed by atoms with Crippen LogP contribution in [0.1, 0.15) is 5.56 Å². The van der Waals surface area contributed by atoms with Gasteiger partial charge in [-0.3, -0.25) is 4.79 Å². The Balaban J connectivity index is 1.44. The number of nitrogens with one attached hydrogen (secondary N) is 2. The van der Waals surface area contributed by atoms with E-state index in [1.54, 1.807) is 7.11 Å². The molecule has 6 heteroatoms. The fourth-order valence-electron chi connectivity index (χ4n) is 3.54. The number of likely N-dealkylation sites (N-methyl/N-ethyl adjacent to an activating group) is 1. The molecular weight excluding hydrogens is 352 g/mol. The third-order valence-electron chi connectivity index (χ3n) is 5.35. The van der Waals surface area contributed by atoms with E-state index in [9.17, 15) is 4.79 Å². The Morgan fingerprint density at radius 1 is 1.04 bits per heavy atom. The second kappa shape index (κ2) is 7.94. The molecule has 1 aliphatic rings. The van der Waals surface area contributed by atoms with Crippen LogP contribution in [-0.4, -0.2) is 50.2 Å². The molecule has 2 aromatic carbocycles. The van der Waals surface area contributed by atoms with Crippen molar-refractivity contribution in [2.75, 3.05) is 50.6 Å². The van der Waals surface area contributed by atoms with Gasteiger partial charge in [-0.15, -0.1) is 0 Å². The molecule has 0 amide bonds. The lowest BCUT2D eigenvalue weighted by atomic mass is 10.1. The number of piperazine rings is 1. The van der Waals surface area contributed by atoms with Crippen LogP contribution >= 0.6 is 0 Å². The van der Waals surface area contributed by atoms with Crippen LogP contribution in [0.4, 0.5) is 11.4 Å². The first-order chi connectivity index (χ1) is 13.6. The van der Waals surface area contributed by atoms with Crippen LogP contribution in [0.15, 0.2) is 53.3 Å². The van der Waals surface area contributed by atoms with E-state index in [4.69, 9.17) is 4.74 Å². The highest BCUT2D eigenvalue weighted by Crippen LogP contribution is 2.21. The van der Waals surface area contributed by atoms with Crippen molar-refractivity contribution in [3.05, 3.63) is 64.4 Å². The van der Waals surface area contributed by atoms with Crippen molar-refractivity contribution in [3.63, 3.8) is 0 Å². The Labute approximate surface area is 164 Å². The number of ether oxygens (including phenoxy) is 1. The first-order valence-electron chi connectivity index (χ1n) is 9.60. The molecule has 3 aromatic rings. The molecule has 2 N–H and O–H groups in total. The maximum Gasteiger partial charge on any atom is 0.253 e. The van der Waals surface area contributed by atoms with Gasteiger partial charge in [0.15, 0.2) is 0 Å². The van der Waals surface area contributed by atoms with Gasteiger partial charge in [0.05, 0.1) is 12.6 Å². The van der Waals surface area contributed by atoms with Crippen molar-refractivity contribution < 1.29 is 4.74 Å². The van der Waals surface area contributed by atoms with Crippen LogP contribution in [0.2, 0.25) is 0 Å². The number of methoxy groups -OCH3 is 1. The molecular formula is C22H26N4O2. The van der Waals surface area contributed by atoms with Gasteiger partial charge < -0.3 is 24.8 Å². The average Bonchev–Trinajstić information content (AvgIpc) is 2.73. The SMILES string of the molecule is COc1ccc2cc(CNc3ccc(N4CCN(C)CC4)cc3)c(=O)[nH]c2c1. The molecule has 6 nitrogen and oxygen atoms in total. The topological polar surface area (TPSA) is 60.6 Å². The Kier molecular flexibility index (Phi) is 5.21. The minimum atomic E-state index is -0.0812. The minimum Gasteiger partial charge on any atom is -0.497 e. The van der Waals surface area contributed by atoms with Crippen LogP contribution in [0.3, 0.4) is 0 Å². The van der Waals surface area contributed by atoms with E-state index in [1.807, 2.05) is 24.3 Å². The predicted octanol–water partition coefficient (Wildman–Crippen LogP) is 2.90. The van der Waals surface area contributed by atoms with Crippen LogP contribution in [0.5, 0.6) is 5.75 Å². The molecule has 1 fully saturated rings. The molecule has 2 heterocycles. The summed E-state index contributed by atoms with van der Waals surface area (Å²) in [5.74, 6) is 0.731. The molecule has 0 atom stereocenters. The van der Waals surface area contributed by atoms with Crippen molar-refractivity contribution in [3.8, 4) is 5.75 Å². The van der Waals surface area contributed by atoms with Crippen molar-refractivity contribution in [2.45, 2.75) is 6.54 Å². The Hall–Kier alpha value is -2.99. The van der Waals surface area contributed by atoms with Gasteiger partial charge in [-0.1, -0.05) is 0 Å². The largest absolute Gasteiger partial charge is 0.497 e. The number of H-pyrrole nitrogens is 1. The highest BCUT2D eigenvalue weighted by atomic mass is 16.5. The molecule has 146 valence electrons. The van der Waals surface area contributed by atoms with Crippen LogP contribution < -0.4 is 20.5 Å². The molecule has 0 aliphatic carbocycles. The van der Waals surface area contributed by atoms with Crippen molar-refractivity contribution in [1.82, 2.24) is 9.88 Å². The lowest BCUT2D eigenvalue weighted by Crippen LogP contribution is -2.44. The Bertz CT molecular complexity index is 1010. The van der Waals surface area contributed by atoms with E-state index in [-0.39, 0.29) is 5.56 Å². The van der Waals surface area contributed by atoms with E-state index in [0.717, 1.165) is 48.5 Å². The van der Waals surface area contributed by atoms with E-state index in [1.165, 1.54) is 5.69 Å². The van der Waals surface area contributed by atoms with Gasteiger partial charge >= 0.3 is 0 Å². The van der Waals surface area contributed by atoms with Gasteiger partial charge in [0.2, 0.25) is 0 Å². The standard InChI is InChI=1S/C22H26N4O2/c1-25-9-11-26(12-10-25)19-6-4-18(5-7-19)23-15-17-13-16-3-8-20(28-2)14-21(16)24-22(17)27/h3-8,13-14,23H,9-12,15H2,1-2H3,(H,24,27). The number of nitrogens with zero attached hydrogens (tertiary/aromatic N) is 2. The summed E-state index contributed by atoms with van der Waals surface area (Å²) in [6.45, 7) is 4.78. The zero-order chi connectivity index (χ0) is 19.5. The summed E-state index contributed by atoms with van der Waals surface area (Å²) in [6, 6.07) is 16.1. The van der Waals surface area contributed by atoms with Gasteiger partial charge in [0.25, 0.3) is 5.56 Å². The van der Waals surface area contributed by atoms with Gasteiger partial charge in [-0.2, -0.15) is 0 Å². The summed E-state index contributed by atoms with van der Waals surface area (Å²) in [5.41, 5.74) is 3.66. The molecule has 1 saturated heterocycles. The van der Waals surface area contributed by atoms with Crippen LogP contribution in [-0.2, 0) is 6.54 Å². The second-order valence-electron chi connectivity index (χ2n) is 7.27. The van der Waals surface area contributed by atoms with Gasteiger partial charge in [-0.05, 0) is 54.9 Å². The molecule has 0 unspecified atom stereocenters. The second-order valence-corrected chi connectivity index (χ2v) is 7.27. The number of anilines is 2. The third kappa shape index (κ3) is 3.97. The molecule has 28 heavy (non-hydrogen) atoms. The molecule has 0 bridgehead atoms. The summed E-state index contributed by atoms with van der Waals surface area (Å²) >= 11 is 0. The van der Waals surface area contributed by atoms with Crippen LogP contribution in [0.25, 0.3) is 10.9 Å². The van der Waals surface area contributed by atoms with Crippen molar-refractivity contribution in [2.24, 2.45) is 0 Å². The van der Waals surface area contributed by atoms with Crippen LogP contribution in [0, 0.1) is 0 Å². The molecule has 0 spiro atoms. The smallest absolute Gasteiger partial charge is 0.253 e. The number of pyridine rings is 1. The zero-order valence-electron chi connectivity index (χ0n) is 16.4. The van der Waals surface area contributed by atoms with Crippen molar-refractivity contribution in [1.29, 1.82) is 0 Å². The van der Waals surface area contributed by atoms with E-state index < -0.39 is 0 Å². The number of benzene rings is 2. The fraction of sp³-hybridized carbons (Fsp3) is 0.318. The zero-order valence-corrected chi connectivity index (χ0v) is 16.4. The molecule has 0 saturated carbocycles. The molecule has 1 aromatic heterocycles. The Morgan fingerprint density at radius 2 is 1.79 bits per heavy atom.